The van der Waals surface area contributed by atoms with Crippen LogP contribution in [-0.4, -0.2) is 5.38 Å². The van der Waals surface area contributed by atoms with Gasteiger partial charge in [0.15, 0.2) is 0 Å². The van der Waals surface area contributed by atoms with Crippen molar-refractivity contribution in [3.63, 3.8) is 0 Å². The van der Waals surface area contributed by atoms with Gasteiger partial charge in [0.2, 0.25) is 0 Å². The molecule has 20 heavy (non-hydrogen) atoms. The van der Waals surface area contributed by atoms with Gasteiger partial charge in [0, 0.05) is 0 Å². The summed E-state index contributed by atoms with van der Waals surface area (Å²) in [6.07, 6.45) is 6.97. The van der Waals surface area contributed by atoms with E-state index in [2.05, 4.69) is 60.7 Å². The molecule has 1 aliphatic carbocycles. The Kier molecular flexibility index (Phi) is 4.22. The number of halogens is 1. The Bertz CT molecular complexity index is 581. The van der Waals surface area contributed by atoms with E-state index in [0.29, 0.717) is 0 Å². The zero-order valence-corrected chi connectivity index (χ0v) is 12.3. The summed E-state index contributed by atoms with van der Waals surface area (Å²) in [4.78, 5) is 0. The topological polar surface area (TPSA) is 0 Å². The summed E-state index contributed by atoms with van der Waals surface area (Å²) in [7, 11) is 0. The predicted molar refractivity (Wildman–Crippen MR) is 88.0 cm³/mol. The van der Waals surface area contributed by atoms with Crippen LogP contribution in [0.5, 0.6) is 0 Å². The van der Waals surface area contributed by atoms with Crippen LogP contribution in [0.1, 0.15) is 31.2 Å². The molecule has 0 radical (unpaired) electrons. The van der Waals surface area contributed by atoms with E-state index in [1.54, 1.807) is 0 Å². The lowest BCUT2D eigenvalue weighted by atomic mass is 9.98. The summed E-state index contributed by atoms with van der Waals surface area (Å²) >= 11 is 6.32. The minimum atomic E-state index is 0.196. The number of allylic oxidation sites excluding steroid dienone is 2. The molecule has 2 aromatic carbocycles. The second-order valence-electron chi connectivity index (χ2n) is 5.40. The third-order valence-electron chi connectivity index (χ3n) is 3.92. The fourth-order valence-corrected chi connectivity index (χ4v) is 3.09. The van der Waals surface area contributed by atoms with Crippen molar-refractivity contribution in [1.82, 2.24) is 0 Å². The van der Waals surface area contributed by atoms with Crippen molar-refractivity contribution in [1.29, 1.82) is 0 Å². The van der Waals surface area contributed by atoms with Crippen LogP contribution < -0.4 is 0 Å². The smallest absolute Gasteiger partial charge is 0.0521 e. The quantitative estimate of drug-likeness (QED) is 0.600. The first-order valence-corrected chi connectivity index (χ1v) is 7.77. The highest BCUT2D eigenvalue weighted by molar-refractivity contribution is 6.22. The molecule has 0 nitrogen and oxygen atoms in total. The monoisotopic (exact) mass is 282 g/mol. The molecule has 0 fully saturated rings. The van der Waals surface area contributed by atoms with Crippen LogP contribution in [0.15, 0.2) is 60.7 Å². The Morgan fingerprint density at radius 3 is 2.15 bits per heavy atom. The SMILES string of the molecule is ClC1C=C(c2ccc(-c3ccccc3)cc2)CCCC1. The molecule has 2 aromatic rings. The van der Waals surface area contributed by atoms with Gasteiger partial charge < -0.3 is 0 Å². The Labute approximate surface area is 126 Å². The number of hydrogen-bond donors (Lipinski definition) is 0. The first kappa shape index (κ1) is 13.5. The molecule has 1 unspecified atom stereocenters. The van der Waals surface area contributed by atoms with Gasteiger partial charge in [-0.25, -0.2) is 0 Å². The fourth-order valence-electron chi connectivity index (χ4n) is 2.79. The Hall–Kier alpha value is -1.53. The molecule has 1 aliphatic rings. The summed E-state index contributed by atoms with van der Waals surface area (Å²) in [5, 5.41) is 0.196. The third kappa shape index (κ3) is 3.13. The molecule has 1 heteroatoms. The second-order valence-corrected chi connectivity index (χ2v) is 5.96. The Morgan fingerprint density at radius 2 is 1.40 bits per heavy atom. The van der Waals surface area contributed by atoms with Gasteiger partial charge in [-0.3, -0.25) is 0 Å². The van der Waals surface area contributed by atoms with Crippen LogP contribution in [0, 0.1) is 0 Å². The van der Waals surface area contributed by atoms with E-state index in [4.69, 9.17) is 11.6 Å². The van der Waals surface area contributed by atoms with Crippen molar-refractivity contribution in [2.45, 2.75) is 31.1 Å². The maximum atomic E-state index is 6.32. The minimum Gasteiger partial charge on any atom is -0.118 e. The van der Waals surface area contributed by atoms with E-state index in [1.165, 1.54) is 35.1 Å². The summed E-state index contributed by atoms with van der Waals surface area (Å²) in [6.45, 7) is 0. The summed E-state index contributed by atoms with van der Waals surface area (Å²) in [5.74, 6) is 0. The van der Waals surface area contributed by atoms with E-state index < -0.39 is 0 Å². The second kappa shape index (κ2) is 6.28. The summed E-state index contributed by atoms with van der Waals surface area (Å²) < 4.78 is 0. The zero-order valence-electron chi connectivity index (χ0n) is 11.6. The van der Waals surface area contributed by atoms with Crippen molar-refractivity contribution >= 4 is 17.2 Å². The fraction of sp³-hybridized carbons (Fsp3) is 0.263. The van der Waals surface area contributed by atoms with Crippen LogP contribution in [0.4, 0.5) is 0 Å². The van der Waals surface area contributed by atoms with Crippen LogP contribution in [-0.2, 0) is 0 Å². The third-order valence-corrected chi connectivity index (χ3v) is 4.27. The van der Waals surface area contributed by atoms with Crippen molar-refractivity contribution in [3.8, 4) is 11.1 Å². The van der Waals surface area contributed by atoms with E-state index in [0.717, 1.165) is 12.8 Å². The van der Waals surface area contributed by atoms with Crippen molar-refractivity contribution in [2.75, 3.05) is 0 Å². The van der Waals surface area contributed by atoms with Crippen molar-refractivity contribution in [2.24, 2.45) is 0 Å². The summed E-state index contributed by atoms with van der Waals surface area (Å²) in [5.41, 5.74) is 5.26. The number of hydrogen-bond acceptors (Lipinski definition) is 0. The molecular formula is C19H19Cl. The number of alkyl halides is 1. The Balaban J connectivity index is 1.86. The van der Waals surface area contributed by atoms with Crippen LogP contribution in [0.3, 0.4) is 0 Å². The van der Waals surface area contributed by atoms with Gasteiger partial charge in [0.25, 0.3) is 0 Å². The molecular weight excluding hydrogens is 264 g/mol. The van der Waals surface area contributed by atoms with Gasteiger partial charge in [0.05, 0.1) is 5.38 Å². The maximum Gasteiger partial charge on any atom is 0.0521 e. The van der Waals surface area contributed by atoms with Gasteiger partial charge in [0.1, 0.15) is 0 Å². The molecule has 102 valence electrons. The van der Waals surface area contributed by atoms with Crippen molar-refractivity contribution < 1.29 is 0 Å². The molecule has 0 saturated heterocycles. The largest absolute Gasteiger partial charge is 0.118 e. The molecule has 0 N–H and O–H groups in total. The molecule has 3 rings (SSSR count). The van der Waals surface area contributed by atoms with Gasteiger partial charge >= 0.3 is 0 Å². The van der Waals surface area contributed by atoms with Crippen LogP contribution >= 0.6 is 11.6 Å². The number of benzene rings is 2. The molecule has 1 atom stereocenters. The zero-order chi connectivity index (χ0) is 13.8. The predicted octanol–water partition coefficient (Wildman–Crippen LogP) is 5.92. The lowest BCUT2D eigenvalue weighted by Crippen LogP contribution is -1.91. The standard InChI is InChI=1S/C19H19Cl/c20-19-9-5-4-8-18(14-19)17-12-10-16(11-13-17)15-6-2-1-3-7-15/h1-3,6-7,10-14,19H,4-5,8-9H2. The minimum absolute atomic E-state index is 0.196. The van der Waals surface area contributed by atoms with Gasteiger partial charge in [-0.2, -0.15) is 0 Å². The average Bonchev–Trinajstić information content (AvgIpc) is 2.73. The van der Waals surface area contributed by atoms with Gasteiger partial charge in [-0.1, -0.05) is 67.1 Å². The highest BCUT2D eigenvalue weighted by atomic mass is 35.5. The molecule has 0 bridgehead atoms. The van der Waals surface area contributed by atoms with E-state index in [9.17, 15) is 0 Å². The first-order valence-electron chi connectivity index (χ1n) is 7.33. The van der Waals surface area contributed by atoms with E-state index in [-0.39, 0.29) is 5.38 Å². The Morgan fingerprint density at radius 1 is 0.750 bits per heavy atom. The normalized spacial score (nSPS) is 19.2. The molecule has 0 saturated carbocycles. The highest BCUT2D eigenvalue weighted by Gasteiger charge is 2.11. The van der Waals surface area contributed by atoms with Gasteiger partial charge in [-0.15, -0.1) is 11.6 Å². The average molecular weight is 283 g/mol. The molecule has 0 spiro atoms. The van der Waals surface area contributed by atoms with Gasteiger partial charge in [-0.05, 0) is 41.5 Å². The molecule has 0 amide bonds. The molecule has 0 heterocycles. The first-order chi connectivity index (χ1) is 9.83. The number of rotatable bonds is 2. The van der Waals surface area contributed by atoms with E-state index >= 15 is 0 Å². The lowest BCUT2D eigenvalue weighted by molar-refractivity contribution is 0.724. The van der Waals surface area contributed by atoms with Crippen molar-refractivity contribution in [3.05, 3.63) is 66.2 Å². The highest BCUT2D eigenvalue weighted by Crippen LogP contribution is 2.29. The summed E-state index contributed by atoms with van der Waals surface area (Å²) in [6, 6.07) is 19.4. The van der Waals surface area contributed by atoms with E-state index in [1.807, 2.05) is 0 Å². The lowest BCUT2D eigenvalue weighted by Gasteiger charge is -2.08. The van der Waals surface area contributed by atoms with Crippen LogP contribution in [0.2, 0.25) is 0 Å². The molecule has 0 aromatic heterocycles. The molecule has 0 aliphatic heterocycles. The maximum absolute atomic E-state index is 6.32. The van der Waals surface area contributed by atoms with Crippen LogP contribution in [0.25, 0.3) is 16.7 Å².